The van der Waals surface area contributed by atoms with Gasteiger partial charge in [0, 0.05) is 12.8 Å². The lowest BCUT2D eigenvalue weighted by Gasteiger charge is -2.40. The molecular weight excluding hydrogens is 1090 g/mol. The second kappa shape index (κ2) is 65.1. The molecule has 0 radical (unpaired) electrons. The van der Waals surface area contributed by atoms with E-state index in [1.807, 2.05) is 19.1 Å². The Bertz CT molecular complexity index is 1580. The minimum atomic E-state index is -1.58. The summed E-state index contributed by atoms with van der Waals surface area (Å²) in [7, 11) is 0. The molecule has 1 aliphatic heterocycles. The number of esters is 1. The number of allylic oxidation sites excluding steroid dienone is 7. The number of carbonyl (C=O) groups excluding carboxylic acids is 2. The first-order valence-electron chi connectivity index (χ1n) is 37.4. The summed E-state index contributed by atoms with van der Waals surface area (Å²) in [5.74, 6) is -0.178. The lowest BCUT2D eigenvalue weighted by Crippen LogP contribution is -2.60. The Labute approximate surface area is 536 Å². The van der Waals surface area contributed by atoms with Crippen LogP contribution in [0.2, 0.25) is 0 Å². The summed E-state index contributed by atoms with van der Waals surface area (Å²) in [6.45, 7) is 4.12. The minimum Gasteiger partial charge on any atom is -0.466 e. The van der Waals surface area contributed by atoms with Crippen molar-refractivity contribution in [1.82, 2.24) is 5.32 Å². The number of rotatable bonds is 66. The lowest BCUT2D eigenvalue weighted by molar-refractivity contribution is -0.302. The third kappa shape index (κ3) is 53.9. The molecule has 1 amide bonds. The number of hydrogen-bond acceptors (Lipinski definition) is 10. The maximum atomic E-state index is 13.0. The Kier molecular flexibility index (Phi) is 61.9. The van der Waals surface area contributed by atoms with Crippen LogP contribution in [-0.4, -0.2) is 100 Å². The van der Waals surface area contributed by atoms with Gasteiger partial charge in [0.1, 0.15) is 24.4 Å². The molecule has 6 N–H and O–H groups in total. The molecule has 0 aromatic rings. The molecule has 1 aliphatic rings. The summed E-state index contributed by atoms with van der Waals surface area (Å²) >= 11 is 0. The van der Waals surface area contributed by atoms with Gasteiger partial charge >= 0.3 is 5.97 Å². The van der Waals surface area contributed by atoms with Crippen molar-refractivity contribution in [3.63, 3.8) is 0 Å². The molecule has 11 heteroatoms. The number of aliphatic hydroxyl groups is 5. The molecule has 7 unspecified atom stereocenters. The van der Waals surface area contributed by atoms with Gasteiger partial charge in [-0.25, -0.2) is 0 Å². The second-order valence-corrected chi connectivity index (χ2v) is 26.0. The number of nitrogens with one attached hydrogen (secondary N) is 1. The quantitative estimate of drug-likeness (QED) is 0.0195. The maximum Gasteiger partial charge on any atom is 0.305 e. The SMILES string of the molecule is C/C=C/CC/C=C/CC/C=C/C(O)C(COC1OC(CO)C(O)C(O)C1O)NC(=O)CCCCCCCCCCCCCCCCCCC/C=C\CCCCCCCCCCCCCCCCCCCCOC(=O)CCCCCCCCCCCCC. The number of amides is 1. The average Bonchev–Trinajstić information content (AvgIpc) is 2.97. The van der Waals surface area contributed by atoms with Crippen molar-refractivity contribution in [2.24, 2.45) is 0 Å². The largest absolute Gasteiger partial charge is 0.466 e. The van der Waals surface area contributed by atoms with Crippen molar-refractivity contribution < 1.29 is 49.3 Å². The molecule has 87 heavy (non-hydrogen) atoms. The van der Waals surface area contributed by atoms with Gasteiger partial charge in [0.25, 0.3) is 0 Å². The van der Waals surface area contributed by atoms with Crippen LogP contribution in [0.5, 0.6) is 0 Å². The van der Waals surface area contributed by atoms with E-state index in [-0.39, 0.29) is 18.5 Å². The molecule has 7 atom stereocenters. The molecule has 0 aromatic carbocycles. The fourth-order valence-electron chi connectivity index (χ4n) is 11.9. The molecule has 1 saturated heterocycles. The standard InChI is InChI=1S/C76H141NO10/c1-3-5-7-9-11-13-43-48-52-56-60-64-72(81)85-65-61-57-53-49-45-42-40-38-36-34-32-30-28-26-24-22-20-18-16-14-15-17-19-21-23-25-27-29-31-33-35-37-39-41-44-47-51-55-59-63-71(80)77-68(69(79)62-58-54-50-46-12-10-8-6-4-2)67-86-76-75(84)74(83)73(82)70(66-78)87-76/h4,6,12,14-15,46,58,62,68-70,73-76,78-79,82-84H,3,5,7-11,13,16-45,47-57,59-61,63-67H2,1-2H3,(H,77,80)/b6-4+,15-14-,46-12+,62-58+. The highest BCUT2D eigenvalue weighted by Gasteiger charge is 2.44. The first-order chi connectivity index (χ1) is 42.7. The lowest BCUT2D eigenvalue weighted by atomic mass is 9.99. The predicted molar refractivity (Wildman–Crippen MR) is 366 cm³/mol. The molecule has 11 nitrogen and oxygen atoms in total. The van der Waals surface area contributed by atoms with E-state index in [0.29, 0.717) is 19.4 Å². The number of unbranched alkanes of at least 4 members (excludes halogenated alkanes) is 47. The molecule has 1 rings (SSSR count). The zero-order chi connectivity index (χ0) is 63.0. The van der Waals surface area contributed by atoms with Crippen LogP contribution in [0.4, 0.5) is 0 Å². The van der Waals surface area contributed by atoms with Crippen molar-refractivity contribution in [2.45, 2.75) is 403 Å². The highest BCUT2D eigenvalue weighted by molar-refractivity contribution is 5.76. The summed E-state index contributed by atoms with van der Waals surface area (Å²) < 4.78 is 16.7. The van der Waals surface area contributed by atoms with Crippen LogP contribution in [0.25, 0.3) is 0 Å². The Morgan fingerprint density at radius 1 is 0.437 bits per heavy atom. The second-order valence-electron chi connectivity index (χ2n) is 26.0. The molecule has 0 aromatic heterocycles. The van der Waals surface area contributed by atoms with E-state index in [4.69, 9.17) is 14.2 Å². The summed E-state index contributed by atoms with van der Waals surface area (Å²) in [5.41, 5.74) is 0. The van der Waals surface area contributed by atoms with Crippen molar-refractivity contribution >= 4 is 11.9 Å². The van der Waals surface area contributed by atoms with E-state index < -0.39 is 49.5 Å². The van der Waals surface area contributed by atoms with Crippen LogP contribution >= 0.6 is 0 Å². The highest BCUT2D eigenvalue weighted by Crippen LogP contribution is 2.23. The van der Waals surface area contributed by atoms with Gasteiger partial charge in [0.2, 0.25) is 5.91 Å². The molecule has 0 bridgehead atoms. The van der Waals surface area contributed by atoms with Gasteiger partial charge < -0.3 is 45.1 Å². The van der Waals surface area contributed by atoms with Crippen LogP contribution in [-0.2, 0) is 23.8 Å². The number of aliphatic hydroxyl groups excluding tert-OH is 5. The molecule has 1 heterocycles. The van der Waals surface area contributed by atoms with E-state index in [1.165, 1.54) is 276 Å². The van der Waals surface area contributed by atoms with Crippen LogP contribution < -0.4 is 5.32 Å². The Morgan fingerprint density at radius 3 is 1.21 bits per heavy atom. The number of hydrogen-bond donors (Lipinski definition) is 6. The highest BCUT2D eigenvalue weighted by atomic mass is 16.7. The van der Waals surface area contributed by atoms with Gasteiger partial charge in [-0.05, 0) is 77.6 Å². The molecule has 0 saturated carbocycles. The predicted octanol–water partition coefficient (Wildman–Crippen LogP) is 19.5. The van der Waals surface area contributed by atoms with E-state index in [2.05, 4.69) is 42.6 Å². The Balaban J connectivity index is 1.87. The van der Waals surface area contributed by atoms with Gasteiger partial charge in [0.15, 0.2) is 6.29 Å². The maximum absolute atomic E-state index is 13.0. The minimum absolute atomic E-state index is 0.0163. The molecule has 1 fully saturated rings. The van der Waals surface area contributed by atoms with E-state index in [0.717, 1.165) is 57.8 Å². The summed E-state index contributed by atoms with van der Waals surface area (Å²) in [6, 6.07) is -0.830. The van der Waals surface area contributed by atoms with Crippen LogP contribution in [0.15, 0.2) is 48.6 Å². The van der Waals surface area contributed by atoms with Crippen LogP contribution in [0, 0.1) is 0 Å². The van der Waals surface area contributed by atoms with Gasteiger partial charge in [-0.3, -0.25) is 9.59 Å². The summed E-state index contributed by atoms with van der Waals surface area (Å²) in [6.07, 6.45) is 76.1. The first-order valence-corrected chi connectivity index (χ1v) is 37.4. The summed E-state index contributed by atoms with van der Waals surface area (Å²) in [5, 5.41) is 54.2. The van der Waals surface area contributed by atoms with Gasteiger partial charge in [-0.1, -0.05) is 319 Å². The third-order valence-corrected chi connectivity index (χ3v) is 17.7. The van der Waals surface area contributed by atoms with Crippen molar-refractivity contribution in [2.75, 3.05) is 19.8 Å². The van der Waals surface area contributed by atoms with Crippen LogP contribution in [0.1, 0.15) is 361 Å². The fourth-order valence-corrected chi connectivity index (χ4v) is 11.9. The summed E-state index contributed by atoms with van der Waals surface area (Å²) in [4.78, 5) is 25.0. The number of ether oxygens (including phenoxy) is 3. The zero-order valence-electron chi connectivity index (χ0n) is 56.7. The van der Waals surface area contributed by atoms with Crippen molar-refractivity contribution in [3.05, 3.63) is 48.6 Å². The van der Waals surface area contributed by atoms with Gasteiger partial charge in [0.05, 0.1) is 32.0 Å². The molecular formula is C76H141NO10. The van der Waals surface area contributed by atoms with Crippen molar-refractivity contribution in [1.29, 1.82) is 0 Å². The first kappa shape index (κ1) is 82.6. The Hall–Kier alpha value is -2.38. The average molecular weight is 1230 g/mol. The molecule has 0 spiro atoms. The monoisotopic (exact) mass is 1230 g/mol. The third-order valence-electron chi connectivity index (χ3n) is 17.7. The normalized spacial score (nSPS) is 18.1. The zero-order valence-corrected chi connectivity index (χ0v) is 56.7. The van der Waals surface area contributed by atoms with E-state index in [9.17, 15) is 35.1 Å². The molecule has 0 aliphatic carbocycles. The number of carbonyl (C=O) groups is 2. The van der Waals surface area contributed by atoms with Gasteiger partial charge in [-0.15, -0.1) is 0 Å². The van der Waals surface area contributed by atoms with Gasteiger partial charge in [-0.2, -0.15) is 0 Å². The molecule has 510 valence electrons. The van der Waals surface area contributed by atoms with Crippen LogP contribution in [0.3, 0.4) is 0 Å². The Morgan fingerprint density at radius 2 is 0.793 bits per heavy atom. The van der Waals surface area contributed by atoms with E-state index >= 15 is 0 Å². The topological polar surface area (TPSA) is 175 Å². The smallest absolute Gasteiger partial charge is 0.305 e. The van der Waals surface area contributed by atoms with E-state index in [1.54, 1.807) is 6.08 Å². The van der Waals surface area contributed by atoms with Crippen molar-refractivity contribution in [3.8, 4) is 0 Å². The fraction of sp³-hybridized carbons (Fsp3) is 0.868.